The van der Waals surface area contributed by atoms with Gasteiger partial charge >= 0.3 is 0 Å². The average molecular weight is 442 g/mol. The molecular formula is C26H32ClNO3. The minimum Gasteiger partial charge on any atom is -1.00 e. The van der Waals surface area contributed by atoms with Crippen LogP contribution in [0.4, 0.5) is 0 Å². The topological polar surface area (TPSA) is 55.3 Å². The third kappa shape index (κ3) is 7.91. The number of rotatable bonds is 11. The Kier molecular flexibility index (Phi) is 10.4. The fourth-order valence-corrected chi connectivity index (χ4v) is 3.45. The predicted octanol–water partition coefficient (Wildman–Crippen LogP) is 0.896. The first-order valence-electron chi connectivity index (χ1n) is 10.6. The van der Waals surface area contributed by atoms with E-state index in [0.29, 0.717) is 6.61 Å². The summed E-state index contributed by atoms with van der Waals surface area (Å²) in [6.07, 6.45) is 1.55. The monoisotopic (exact) mass is 441 g/mol. The molecule has 0 saturated carbocycles. The molecule has 5 heteroatoms. The van der Waals surface area contributed by atoms with Gasteiger partial charge in [0, 0.05) is 6.42 Å². The zero-order valence-electron chi connectivity index (χ0n) is 18.2. The summed E-state index contributed by atoms with van der Waals surface area (Å²) in [4.78, 5) is 0. The fraction of sp³-hybridized carbons (Fsp3) is 0.308. The molecule has 2 atom stereocenters. The summed E-state index contributed by atoms with van der Waals surface area (Å²) >= 11 is 0. The summed E-state index contributed by atoms with van der Waals surface area (Å²) in [6.45, 7) is 3.57. The molecule has 0 aliphatic carbocycles. The normalized spacial score (nSPS) is 12.5. The van der Waals surface area contributed by atoms with E-state index in [9.17, 15) is 5.11 Å². The molecule has 0 heterocycles. The van der Waals surface area contributed by atoms with E-state index in [1.165, 1.54) is 5.56 Å². The highest BCUT2D eigenvalue weighted by molar-refractivity contribution is 5.30. The first-order chi connectivity index (χ1) is 14.7. The van der Waals surface area contributed by atoms with E-state index in [-0.39, 0.29) is 18.4 Å². The Balaban J connectivity index is 0.00000341. The van der Waals surface area contributed by atoms with Crippen molar-refractivity contribution >= 4 is 0 Å². The van der Waals surface area contributed by atoms with Crippen LogP contribution in [-0.4, -0.2) is 24.8 Å². The predicted molar refractivity (Wildman–Crippen MR) is 120 cm³/mol. The van der Waals surface area contributed by atoms with Crippen LogP contribution < -0.4 is 27.2 Å². The quantitative estimate of drug-likeness (QED) is 0.435. The van der Waals surface area contributed by atoms with Crippen LogP contribution in [0.25, 0.3) is 0 Å². The second-order valence-corrected chi connectivity index (χ2v) is 7.63. The van der Waals surface area contributed by atoms with Crippen molar-refractivity contribution in [1.82, 2.24) is 0 Å². The van der Waals surface area contributed by atoms with Crippen LogP contribution in [0.2, 0.25) is 0 Å². The van der Waals surface area contributed by atoms with Gasteiger partial charge in [-0.25, -0.2) is 0 Å². The molecule has 0 spiro atoms. The number of nitrogens with two attached hydrogens (primary N) is 1. The number of aliphatic hydroxyl groups excluding tert-OH is 1. The second kappa shape index (κ2) is 13.0. The van der Waals surface area contributed by atoms with E-state index >= 15 is 0 Å². The van der Waals surface area contributed by atoms with E-state index in [1.54, 1.807) is 7.11 Å². The summed E-state index contributed by atoms with van der Waals surface area (Å²) < 4.78 is 11.1. The summed E-state index contributed by atoms with van der Waals surface area (Å²) in [5.74, 6) is 1.71. The lowest BCUT2D eigenvalue weighted by molar-refractivity contribution is -0.694. The van der Waals surface area contributed by atoms with E-state index in [0.717, 1.165) is 42.0 Å². The molecule has 0 fully saturated rings. The number of halogens is 1. The molecule has 0 saturated heterocycles. The molecule has 3 aromatic rings. The first-order valence-corrected chi connectivity index (χ1v) is 10.6. The highest BCUT2D eigenvalue weighted by atomic mass is 35.5. The number of benzene rings is 3. The van der Waals surface area contributed by atoms with Crippen molar-refractivity contribution in [3.8, 4) is 11.5 Å². The molecule has 4 nitrogen and oxygen atoms in total. The standard InChI is InChI=1S/C26H31NO3.ClH/c1-20(27-17-7-11-21-10-6-12-25(18-21)29-2)26(28)23-13-15-24(16-14-23)30-19-22-8-4-3-5-9-22;/h3-6,8-10,12-16,18,20,26-28H,7,11,17,19H2,1-2H3;1H. The Labute approximate surface area is 191 Å². The van der Waals surface area contributed by atoms with Crippen molar-refractivity contribution in [2.24, 2.45) is 0 Å². The maximum atomic E-state index is 10.7. The van der Waals surface area contributed by atoms with Gasteiger partial charge in [0.05, 0.1) is 13.7 Å². The van der Waals surface area contributed by atoms with Gasteiger partial charge in [-0.3, -0.25) is 0 Å². The molecule has 0 aliphatic rings. The number of ether oxygens (including phenoxy) is 2. The lowest BCUT2D eigenvalue weighted by Gasteiger charge is -2.18. The molecule has 31 heavy (non-hydrogen) atoms. The molecule has 3 rings (SSSR count). The van der Waals surface area contributed by atoms with Crippen LogP contribution in [0, 0.1) is 0 Å². The lowest BCUT2D eigenvalue weighted by atomic mass is 10.0. The van der Waals surface area contributed by atoms with Crippen LogP contribution in [-0.2, 0) is 13.0 Å². The molecule has 0 aliphatic heterocycles. The van der Waals surface area contributed by atoms with Gasteiger partial charge in [-0.05, 0) is 54.3 Å². The maximum absolute atomic E-state index is 10.7. The van der Waals surface area contributed by atoms with E-state index in [4.69, 9.17) is 9.47 Å². The SMILES string of the molecule is COc1cccc(CCC[NH2+]C(C)C(O)c2ccc(OCc3ccccc3)cc2)c1.[Cl-]. The van der Waals surface area contributed by atoms with Crippen LogP contribution >= 0.6 is 0 Å². The highest BCUT2D eigenvalue weighted by Crippen LogP contribution is 2.20. The maximum Gasteiger partial charge on any atom is 0.130 e. The molecule has 0 aromatic heterocycles. The van der Waals surface area contributed by atoms with Crippen molar-refractivity contribution in [1.29, 1.82) is 0 Å². The number of methoxy groups -OCH3 is 1. The highest BCUT2D eigenvalue weighted by Gasteiger charge is 2.19. The largest absolute Gasteiger partial charge is 1.00 e. The zero-order chi connectivity index (χ0) is 21.2. The van der Waals surface area contributed by atoms with Crippen molar-refractivity contribution in [2.45, 2.75) is 38.5 Å². The smallest absolute Gasteiger partial charge is 0.130 e. The van der Waals surface area contributed by atoms with Gasteiger partial charge in [0.1, 0.15) is 30.3 Å². The van der Waals surface area contributed by atoms with Gasteiger partial charge in [0.15, 0.2) is 0 Å². The number of hydrogen-bond acceptors (Lipinski definition) is 3. The number of hydrogen-bond donors (Lipinski definition) is 2. The van der Waals surface area contributed by atoms with Crippen LogP contribution in [0.3, 0.4) is 0 Å². The van der Waals surface area contributed by atoms with Crippen molar-refractivity contribution in [3.05, 3.63) is 95.6 Å². The Morgan fingerprint density at radius 1 is 0.871 bits per heavy atom. The second-order valence-electron chi connectivity index (χ2n) is 7.63. The average Bonchev–Trinajstić information content (AvgIpc) is 2.81. The van der Waals surface area contributed by atoms with Gasteiger partial charge in [-0.2, -0.15) is 0 Å². The van der Waals surface area contributed by atoms with Gasteiger partial charge in [0.25, 0.3) is 0 Å². The number of quaternary nitrogens is 1. The summed E-state index contributed by atoms with van der Waals surface area (Å²) in [5.41, 5.74) is 3.33. The van der Waals surface area contributed by atoms with Gasteiger partial charge < -0.3 is 32.3 Å². The molecule has 0 amide bonds. The molecular weight excluding hydrogens is 410 g/mol. The van der Waals surface area contributed by atoms with E-state index in [2.05, 4.69) is 24.4 Å². The van der Waals surface area contributed by atoms with Crippen molar-refractivity contribution in [2.75, 3.05) is 13.7 Å². The summed E-state index contributed by atoms with van der Waals surface area (Å²) in [6, 6.07) is 26.1. The Morgan fingerprint density at radius 3 is 2.29 bits per heavy atom. The fourth-order valence-electron chi connectivity index (χ4n) is 3.45. The van der Waals surface area contributed by atoms with Gasteiger partial charge in [-0.15, -0.1) is 0 Å². The number of aliphatic hydroxyl groups is 1. The molecule has 3 N–H and O–H groups in total. The molecule has 166 valence electrons. The van der Waals surface area contributed by atoms with Crippen molar-refractivity contribution < 1.29 is 32.3 Å². The minimum absolute atomic E-state index is 0. The van der Waals surface area contributed by atoms with Crippen LogP contribution in [0.1, 0.15) is 36.1 Å². The van der Waals surface area contributed by atoms with Crippen molar-refractivity contribution in [3.63, 3.8) is 0 Å². The molecule has 3 aromatic carbocycles. The Morgan fingerprint density at radius 2 is 1.58 bits per heavy atom. The minimum atomic E-state index is -0.509. The van der Waals surface area contributed by atoms with Gasteiger partial charge in [0.2, 0.25) is 0 Å². The van der Waals surface area contributed by atoms with E-state index in [1.807, 2.05) is 66.7 Å². The van der Waals surface area contributed by atoms with Crippen LogP contribution in [0.5, 0.6) is 11.5 Å². The van der Waals surface area contributed by atoms with Crippen LogP contribution in [0.15, 0.2) is 78.9 Å². The summed E-state index contributed by atoms with van der Waals surface area (Å²) in [7, 11) is 1.69. The molecule has 0 radical (unpaired) electrons. The Hall–Kier alpha value is -2.53. The Bertz CT molecular complexity index is 887. The third-order valence-corrected chi connectivity index (χ3v) is 5.31. The molecule has 2 unspecified atom stereocenters. The first kappa shape index (κ1) is 24.7. The molecule has 0 bridgehead atoms. The van der Waals surface area contributed by atoms with E-state index < -0.39 is 6.10 Å². The number of aryl methyl sites for hydroxylation is 1. The summed E-state index contributed by atoms with van der Waals surface area (Å²) in [5, 5.41) is 12.9. The lowest BCUT2D eigenvalue weighted by Crippen LogP contribution is -3.00. The zero-order valence-corrected chi connectivity index (χ0v) is 19.0. The third-order valence-electron chi connectivity index (χ3n) is 5.31. The van der Waals surface area contributed by atoms with Gasteiger partial charge in [-0.1, -0.05) is 54.6 Å².